The Hall–Kier alpha value is -1.03. The van der Waals surface area contributed by atoms with Gasteiger partial charge in [-0.2, -0.15) is 0 Å². The number of rotatable bonds is 3. The third-order valence-electron chi connectivity index (χ3n) is 1.63. The Kier molecular flexibility index (Phi) is 2.70. The first kappa shape index (κ1) is 9.06. The summed E-state index contributed by atoms with van der Waals surface area (Å²) in [5, 5.41) is 10.4. The maximum atomic E-state index is 10.4. The van der Waals surface area contributed by atoms with Crippen LogP contribution in [0, 0.1) is 6.92 Å². The van der Waals surface area contributed by atoms with E-state index in [1.165, 1.54) is 11.3 Å². The van der Waals surface area contributed by atoms with Gasteiger partial charge in [0.1, 0.15) is 5.75 Å². The number of carboxylic acids is 1. The zero-order valence-electron chi connectivity index (χ0n) is 6.96. The number of thiophene rings is 1. The van der Waals surface area contributed by atoms with E-state index in [1.807, 2.05) is 12.3 Å². The van der Waals surface area contributed by atoms with Crippen molar-refractivity contribution in [1.82, 2.24) is 0 Å². The fourth-order valence-corrected chi connectivity index (χ4v) is 1.96. The van der Waals surface area contributed by atoms with Crippen molar-refractivity contribution in [3.8, 4) is 5.75 Å². The molecule has 0 spiro atoms. The average molecular weight is 186 g/mol. The second-order valence-electron chi connectivity index (χ2n) is 2.42. The number of hydrogen-bond acceptors (Lipinski definition) is 3. The van der Waals surface area contributed by atoms with Gasteiger partial charge in [-0.1, -0.05) is 0 Å². The van der Waals surface area contributed by atoms with Gasteiger partial charge in [0.2, 0.25) is 0 Å². The van der Waals surface area contributed by atoms with E-state index in [0.717, 1.165) is 16.2 Å². The van der Waals surface area contributed by atoms with Crippen LogP contribution in [0.2, 0.25) is 0 Å². The molecule has 4 heteroatoms. The minimum Gasteiger partial charge on any atom is -0.496 e. The van der Waals surface area contributed by atoms with Gasteiger partial charge in [-0.3, -0.25) is 4.79 Å². The lowest BCUT2D eigenvalue weighted by Crippen LogP contribution is -1.99. The second-order valence-corrected chi connectivity index (χ2v) is 3.39. The van der Waals surface area contributed by atoms with Gasteiger partial charge < -0.3 is 9.84 Å². The number of carbonyl (C=O) groups is 1. The molecular formula is C8H10O3S. The summed E-state index contributed by atoms with van der Waals surface area (Å²) in [5.74, 6) is -0.0288. The minimum atomic E-state index is -0.803. The molecule has 1 N–H and O–H groups in total. The van der Waals surface area contributed by atoms with Crippen molar-refractivity contribution < 1.29 is 14.6 Å². The highest BCUT2D eigenvalue weighted by atomic mass is 32.1. The Morgan fingerprint density at radius 1 is 1.75 bits per heavy atom. The number of aliphatic carboxylic acids is 1. The van der Waals surface area contributed by atoms with E-state index < -0.39 is 5.97 Å². The van der Waals surface area contributed by atoms with Crippen LogP contribution in [0.25, 0.3) is 0 Å². The summed E-state index contributed by atoms with van der Waals surface area (Å²) in [6.45, 7) is 1.87. The molecule has 0 atom stereocenters. The van der Waals surface area contributed by atoms with Gasteiger partial charge in [0.25, 0.3) is 0 Å². The molecule has 0 saturated carbocycles. The quantitative estimate of drug-likeness (QED) is 0.781. The van der Waals surface area contributed by atoms with Crippen molar-refractivity contribution >= 4 is 17.3 Å². The number of carboxylic acid groups (broad SMARTS) is 1. The zero-order valence-corrected chi connectivity index (χ0v) is 7.77. The standard InChI is InChI=1S/C8H10O3S/c1-5-6(11-2)4-12-7(5)3-8(9)10/h4H,3H2,1-2H3,(H,9,10). The Morgan fingerprint density at radius 3 is 2.83 bits per heavy atom. The molecule has 0 aliphatic rings. The molecule has 3 nitrogen and oxygen atoms in total. The predicted molar refractivity (Wildman–Crippen MR) is 46.9 cm³/mol. The summed E-state index contributed by atoms with van der Waals surface area (Å²) in [4.78, 5) is 11.2. The SMILES string of the molecule is COc1csc(CC(=O)O)c1C. The summed E-state index contributed by atoms with van der Waals surface area (Å²) in [6, 6.07) is 0. The molecule has 1 aromatic rings. The van der Waals surface area contributed by atoms with Crippen LogP contribution in [0.15, 0.2) is 5.38 Å². The highest BCUT2D eigenvalue weighted by Crippen LogP contribution is 2.28. The summed E-state index contributed by atoms with van der Waals surface area (Å²) < 4.78 is 5.02. The third-order valence-corrected chi connectivity index (χ3v) is 2.69. The lowest BCUT2D eigenvalue weighted by molar-refractivity contribution is -0.136. The van der Waals surface area contributed by atoms with Crippen molar-refractivity contribution in [3.05, 3.63) is 15.8 Å². The Labute approximate surface area is 74.6 Å². The molecule has 1 aromatic heterocycles. The van der Waals surface area contributed by atoms with Gasteiger partial charge in [-0.05, 0) is 6.92 Å². The highest BCUT2D eigenvalue weighted by molar-refractivity contribution is 7.10. The molecule has 0 aromatic carbocycles. The molecular weight excluding hydrogens is 176 g/mol. The van der Waals surface area contributed by atoms with E-state index >= 15 is 0 Å². The normalized spacial score (nSPS) is 9.83. The molecule has 12 heavy (non-hydrogen) atoms. The van der Waals surface area contributed by atoms with Crippen LogP contribution >= 0.6 is 11.3 Å². The number of methoxy groups -OCH3 is 1. The van der Waals surface area contributed by atoms with Crippen LogP contribution in [0.5, 0.6) is 5.75 Å². The van der Waals surface area contributed by atoms with E-state index in [9.17, 15) is 4.79 Å². The van der Waals surface area contributed by atoms with Gasteiger partial charge in [0.15, 0.2) is 0 Å². The average Bonchev–Trinajstić information content (AvgIpc) is 2.32. The van der Waals surface area contributed by atoms with Crippen molar-refractivity contribution in [2.75, 3.05) is 7.11 Å². The second kappa shape index (κ2) is 3.58. The summed E-state index contributed by atoms with van der Waals surface area (Å²) in [5.41, 5.74) is 0.935. The van der Waals surface area contributed by atoms with Gasteiger partial charge in [0, 0.05) is 15.8 Å². The molecule has 0 unspecified atom stereocenters. The predicted octanol–water partition coefficient (Wildman–Crippen LogP) is 1.69. The van der Waals surface area contributed by atoms with Crippen LogP contribution in [-0.2, 0) is 11.2 Å². The molecule has 66 valence electrons. The molecule has 0 amide bonds. The van der Waals surface area contributed by atoms with Crippen molar-refractivity contribution in [1.29, 1.82) is 0 Å². The molecule has 0 radical (unpaired) electrons. The fraction of sp³-hybridized carbons (Fsp3) is 0.375. The maximum absolute atomic E-state index is 10.4. The van der Waals surface area contributed by atoms with E-state index in [0.29, 0.717) is 0 Å². The molecule has 0 fully saturated rings. The van der Waals surface area contributed by atoms with E-state index in [4.69, 9.17) is 9.84 Å². The minimum absolute atomic E-state index is 0.0832. The Bertz CT molecular complexity index is 290. The first-order valence-corrected chi connectivity index (χ1v) is 4.36. The lowest BCUT2D eigenvalue weighted by Gasteiger charge is -1.97. The fourth-order valence-electron chi connectivity index (χ4n) is 0.952. The monoisotopic (exact) mass is 186 g/mol. The zero-order chi connectivity index (χ0) is 9.14. The molecule has 0 aliphatic heterocycles. The van der Waals surface area contributed by atoms with E-state index in [2.05, 4.69) is 0 Å². The molecule has 0 bridgehead atoms. The van der Waals surface area contributed by atoms with E-state index in [-0.39, 0.29) is 6.42 Å². The van der Waals surface area contributed by atoms with Crippen molar-refractivity contribution in [3.63, 3.8) is 0 Å². The van der Waals surface area contributed by atoms with Crippen molar-refractivity contribution in [2.24, 2.45) is 0 Å². The van der Waals surface area contributed by atoms with Crippen LogP contribution in [0.1, 0.15) is 10.4 Å². The molecule has 1 heterocycles. The van der Waals surface area contributed by atoms with Crippen molar-refractivity contribution in [2.45, 2.75) is 13.3 Å². The van der Waals surface area contributed by atoms with Crippen LogP contribution in [-0.4, -0.2) is 18.2 Å². The Morgan fingerprint density at radius 2 is 2.42 bits per heavy atom. The molecule has 0 saturated heterocycles. The van der Waals surface area contributed by atoms with Crippen LogP contribution in [0.3, 0.4) is 0 Å². The smallest absolute Gasteiger partial charge is 0.308 e. The topological polar surface area (TPSA) is 46.5 Å². The maximum Gasteiger partial charge on any atom is 0.308 e. The van der Waals surface area contributed by atoms with Crippen LogP contribution < -0.4 is 4.74 Å². The third kappa shape index (κ3) is 1.76. The first-order valence-electron chi connectivity index (χ1n) is 3.48. The largest absolute Gasteiger partial charge is 0.496 e. The summed E-state index contributed by atoms with van der Waals surface area (Å²) >= 11 is 1.42. The molecule has 0 aliphatic carbocycles. The highest BCUT2D eigenvalue weighted by Gasteiger charge is 2.10. The Balaban J connectivity index is 2.87. The van der Waals surface area contributed by atoms with E-state index in [1.54, 1.807) is 7.11 Å². The number of ether oxygens (including phenoxy) is 1. The summed E-state index contributed by atoms with van der Waals surface area (Å²) in [6.07, 6.45) is 0.0832. The van der Waals surface area contributed by atoms with Gasteiger partial charge in [-0.25, -0.2) is 0 Å². The lowest BCUT2D eigenvalue weighted by atomic mass is 10.2. The van der Waals surface area contributed by atoms with Gasteiger partial charge in [0.05, 0.1) is 13.5 Å². The first-order chi connectivity index (χ1) is 5.65. The van der Waals surface area contributed by atoms with Gasteiger partial charge >= 0.3 is 5.97 Å². The van der Waals surface area contributed by atoms with Gasteiger partial charge in [-0.15, -0.1) is 11.3 Å². The van der Waals surface area contributed by atoms with Crippen LogP contribution in [0.4, 0.5) is 0 Å². The number of hydrogen-bond donors (Lipinski definition) is 1. The summed E-state index contributed by atoms with van der Waals surface area (Å²) in [7, 11) is 1.58. The molecule has 1 rings (SSSR count).